The lowest BCUT2D eigenvalue weighted by molar-refractivity contribution is -0.156. The van der Waals surface area contributed by atoms with Crippen molar-refractivity contribution in [1.82, 2.24) is 5.48 Å². The molecule has 0 amide bonds. The summed E-state index contributed by atoms with van der Waals surface area (Å²) in [5.74, 6) is 0.0587. The number of carbonyl (C=O) groups excluding carboxylic acids is 1. The summed E-state index contributed by atoms with van der Waals surface area (Å²) in [4.78, 5) is 15.8. The maximum Gasteiger partial charge on any atom is 0.327 e. The Bertz CT molecular complexity index is 130. The second kappa shape index (κ2) is 4.34. The molecular formula is C8H15NO2. The van der Waals surface area contributed by atoms with Gasteiger partial charge < -0.3 is 4.84 Å². The third-order valence-electron chi connectivity index (χ3n) is 2.14. The van der Waals surface area contributed by atoms with Crippen molar-refractivity contribution >= 4 is 5.97 Å². The van der Waals surface area contributed by atoms with E-state index in [4.69, 9.17) is 4.84 Å². The molecule has 1 aliphatic rings. The van der Waals surface area contributed by atoms with Gasteiger partial charge in [-0.15, -0.1) is 0 Å². The molecule has 0 radical (unpaired) electrons. The summed E-state index contributed by atoms with van der Waals surface area (Å²) in [6.45, 7) is 0. The van der Waals surface area contributed by atoms with E-state index < -0.39 is 0 Å². The molecule has 0 atom stereocenters. The molecule has 0 spiro atoms. The van der Waals surface area contributed by atoms with Crippen LogP contribution in [0.4, 0.5) is 0 Å². The minimum Gasteiger partial charge on any atom is -0.371 e. The smallest absolute Gasteiger partial charge is 0.327 e. The Morgan fingerprint density at radius 1 is 1.36 bits per heavy atom. The first-order valence-corrected chi connectivity index (χ1v) is 4.22. The molecule has 0 aromatic rings. The molecule has 1 N–H and O–H groups in total. The van der Waals surface area contributed by atoms with E-state index in [9.17, 15) is 4.79 Å². The Morgan fingerprint density at radius 2 is 2.00 bits per heavy atom. The number of hydroxylamine groups is 1. The van der Waals surface area contributed by atoms with Crippen LogP contribution in [-0.4, -0.2) is 13.0 Å². The quantitative estimate of drug-likeness (QED) is 0.613. The molecule has 0 bridgehead atoms. The van der Waals surface area contributed by atoms with Crippen LogP contribution in [0.25, 0.3) is 0 Å². The second-order valence-electron chi connectivity index (χ2n) is 2.96. The lowest BCUT2D eigenvalue weighted by Crippen LogP contribution is -2.24. The molecule has 1 fully saturated rings. The summed E-state index contributed by atoms with van der Waals surface area (Å²) in [7, 11) is 1.61. The van der Waals surface area contributed by atoms with Gasteiger partial charge in [0.25, 0.3) is 0 Å². The Morgan fingerprint density at radius 3 is 2.55 bits per heavy atom. The van der Waals surface area contributed by atoms with E-state index in [1.54, 1.807) is 7.05 Å². The van der Waals surface area contributed by atoms with Crippen molar-refractivity contribution in [3.63, 3.8) is 0 Å². The third kappa shape index (κ3) is 2.50. The van der Waals surface area contributed by atoms with E-state index >= 15 is 0 Å². The van der Waals surface area contributed by atoms with Crippen LogP contribution in [0.1, 0.15) is 32.1 Å². The van der Waals surface area contributed by atoms with Crippen LogP contribution in [-0.2, 0) is 9.63 Å². The van der Waals surface area contributed by atoms with Gasteiger partial charge in [-0.05, 0) is 12.8 Å². The monoisotopic (exact) mass is 157 g/mol. The predicted octanol–water partition coefficient (Wildman–Crippen LogP) is 1.24. The Hall–Kier alpha value is -0.570. The van der Waals surface area contributed by atoms with Gasteiger partial charge in [0.05, 0.1) is 5.92 Å². The molecule has 64 valence electrons. The molecule has 1 aliphatic carbocycles. The van der Waals surface area contributed by atoms with Crippen LogP contribution in [0.3, 0.4) is 0 Å². The Kier molecular flexibility index (Phi) is 3.36. The van der Waals surface area contributed by atoms with Crippen molar-refractivity contribution < 1.29 is 9.63 Å². The molecule has 0 heterocycles. The summed E-state index contributed by atoms with van der Waals surface area (Å²) >= 11 is 0. The van der Waals surface area contributed by atoms with Crippen molar-refractivity contribution in [3.05, 3.63) is 0 Å². The fraction of sp³-hybridized carbons (Fsp3) is 0.875. The molecule has 0 aromatic carbocycles. The van der Waals surface area contributed by atoms with E-state index in [0.717, 1.165) is 12.8 Å². The van der Waals surface area contributed by atoms with Crippen molar-refractivity contribution in [1.29, 1.82) is 0 Å². The molecule has 0 saturated heterocycles. The van der Waals surface area contributed by atoms with Gasteiger partial charge in [0, 0.05) is 7.05 Å². The highest BCUT2D eigenvalue weighted by Gasteiger charge is 2.22. The summed E-state index contributed by atoms with van der Waals surface area (Å²) in [6, 6.07) is 0. The van der Waals surface area contributed by atoms with Gasteiger partial charge in [-0.25, -0.2) is 0 Å². The van der Waals surface area contributed by atoms with Crippen LogP contribution >= 0.6 is 0 Å². The molecular weight excluding hydrogens is 142 g/mol. The number of hydrogen-bond donors (Lipinski definition) is 1. The van der Waals surface area contributed by atoms with E-state index in [-0.39, 0.29) is 11.9 Å². The standard InChI is InChI=1S/C8H15NO2/c1-9-11-8(10)7-5-3-2-4-6-7/h7,9H,2-6H2,1H3. The van der Waals surface area contributed by atoms with Crippen molar-refractivity contribution in [3.8, 4) is 0 Å². The van der Waals surface area contributed by atoms with Crippen LogP contribution in [0.2, 0.25) is 0 Å². The molecule has 11 heavy (non-hydrogen) atoms. The van der Waals surface area contributed by atoms with E-state index in [2.05, 4.69) is 5.48 Å². The molecule has 0 aromatic heterocycles. The summed E-state index contributed by atoms with van der Waals surface area (Å²) in [5, 5.41) is 0. The molecule has 1 rings (SSSR count). The molecule has 1 saturated carbocycles. The van der Waals surface area contributed by atoms with Crippen LogP contribution in [0, 0.1) is 5.92 Å². The predicted molar refractivity (Wildman–Crippen MR) is 41.7 cm³/mol. The zero-order valence-corrected chi connectivity index (χ0v) is 6.93. The zero-order valence-electron chi connectivity index (χ0n) is 6.93. The topological polar surface area (TPSA) is 38.3 Å². The maximum absolute atomic E-state index is 11.1. The highest BCUT2D eigenvalue weighted by Crippen LogP contribution is 2.24. The van der Waals surface area contributed by atoms with E-state index in [1.165, 1.54) is 19.3 Å². The zero-order chi connectivity index (χ0) is 8.10. The van der Waals surface area contributed by atoms with Crippen molar-refractivity contribution in [2.24, 2.45) is 5.92 Å². The van der Waals surface area contributed by atoms with Crippen LogP contribution < -0.4 is 5.48 Å². The Balaban J connectivity index is 2.27. The SMILES string of the molecule is CNOC(=O)C1CCCCC1. The number of carbonyl (C=O) groups is 1. The first-order chi connectivity index (χ1) is 5.34. The van der Waals surface area contributed by atoms with Gasteiger partial charge in [0.15, 0.2) is 0 Å². The summed E-state index contributed by atoms with van der Waals surface area (Å²) in [5.41, 5.74) is 2.42. The van der Waals surface area contributed by atoms with Gasteiger partial charge in [-0.2, -0.15) is 5.48 Å². The maximum atomic E-state index is 11.1. The third-order valence-corrected chi connectivity index (χ3v) is 2.14. The van der Waals surface area contributed by atoms with Crippen LogP contribution in [0.5, 0.6) is 0 Å². The average Bonchev–Trinajstić information content (AvgIpc) is 2.07. The summed E-state index contributed by atoms with van der Waals surface area (Å²) in [6.07, 6.45) is 5.61. The first kappa shape index (κ1) is 8.53. The second-order valence-corrected chi connectivity index (χ2v) is 2.96. The minimum atomic E-state index is -0.0906. The van der Waals surface area contributed by atoms with Crippen molar-refractivity contribution in [2.75, 3.05) is 7.05 Å². The fourth-order valence-corrected chi connectivity index (χ4v) is 1.52. The van der Waals surface area contributed by atoms with Crippen LogP contribution in [0.15, 0.2) is 0 Å². The van der Waals surface area contributed by atoms with Gasteiger partial charge in [-0.1, -0.05) is 19.3 Å². The molecule has 3 nitrogen and oxygen atoms in total. The number of hydrogen-bond acceptors (Lipinski definition) is 3. The normalized spacial score (nSPS) is 19.7. The average molecular weight is 157 g/mol. The highest BCUT2D eigenvalue weighted by molar-refractivity contribution is 5.72. The summed E-state index contributed by atoms with van der Waals surface area (Å²) < 4.78 is 0. The van der Waals surface area contributed by atoms with Gasteiger partial charge >= 0.3 is 5.97 Å². The minimum absolute atomic E-state index is 0.0906. The van der Waals surface area contributed by atoms with E-state index in [1.807, 2.05) is 0 Å². The number of rotatable bonds is 2. The highest BCUT2D eigenvalue weighted by atomic mass is 16.7. The number of nitrogens with one attached hydrogen (secondary N) is 1. The Labute approximate surface area is 67.1 Å². The molecule has 3 heteroatoms. The van der Waals surface area contributed by atoms with E-state index in [0.29, 0.717) is 0 Å². The lowest BCUT2D eigenvalue weighted by atomic mass is 9.89. The van der Waals surface area contributed by atoms with Gasteiger partial charge in [0.2, 0.25) is 0 Å². The molecule has 0 aliphatic heterocycles. The van der Waals surface area contributed by atoms with Gasteiger partial charge in [-0.3, -0.25) is 4.79 Å². The lowest BCUT2D eigenvalue weighted by Gasteiger charge is -2.18. The fourth-order valence-electron chi connectivity index (χ4n) is 1.52. The first-order valence-electron chi connectivity index (χ1n) is 4.22. The molecule has 0 unspecified atom stereocenters. The largest absolute Gasteiger partial charge is 0.371 e. The van der Waals surface area contributed by atoms with Crippen molar-refractivity contribution in [2.45, 2.75) is 32.1 Å². The van der Waals surface area contributed by atoms with Gasteiger partial charge in [0.1, 0.15) is 0 Å².